The summed E-state index contributed by atoms with van der Waals surface area (Å²) >= 11 is 6.13. The topological polar surface area (TPSA) is 78.6 Å². The van der Waals surface area contributed by atoms with E-state index < -0.39 is 29.3 Å². The van der Waals surface area contributed by atoms with Gasteiger partial charge in [-0.05, 0) is 19.9 Å². The van der Waals surface area contributed by atoms with Crippen molar-refractivity contribution in [1.82, 2.24) is 14.5 Å². The van der Waals surface area contributed by atoms with Gasteiger partial charge in [0.25, 0.3) is 0 Å². The smallest absolute Gasteiger partial charge is 0.168 e. The second-order valence-corrected chi connectivity index (χ2v) is 7.20. The average Bonchev–Trinajstić information content (AvgIpc) is 2.79. The van der Waals surface area contributed by atoms with Crippen molar-refractivity contribution in [3.8, 4) is 0 Å². The molecule has 122 valence electrons. The SMILES string of the molecule is CC1(C)O[C@]23C[C@@]2(O1)[C@@H](CO)O[C@H]3n1ccc2c(Cl)ncnc21. The number of halogens is 1. The maximum atomic E-state index is 9.73. The van der Waals surface area contributed by atoms with E-state index in [0.717, 1.165) is 5.39 Å². The molecule has 0 amide bonds. The molecule has 0 spiro atoms. The van der Waals surface area contributed by atoms with Gasteiger partial charge in [-0.25, -0.2) is 9.97 Å². The van der Waals surface area contributed by atoms with E-state index in [-0.39, 0.29) is 6.61 Å². The van der Waals surface area contributed by atoms with Crippen LogP contribution < -0.4 is 0 Å². The van der Waals surface area contributed by atoms with Gasteiger partial charge in [0.2, 0.25) is 0 Å². The highest BCUT2D eigenvalue weighted by atomic mass is 35.5. The summed E-state index contributed by atoms with van der Waals surface area (Å²) in [6.45, 7) is 3.64. The molecular formula is C15H16ClN3O4. The van der Waals surface area contributed by atoms with Crippen LogP contribution in [0.4, 0.5) is 0 Å². The molecule has 2 aromatic rings. The summed E-state index contributed by atoms with van der Waals surface area (Å²) in [5.41, 5.74) is -0.520. The molecule has 2 aliphatic heterocycles. The van der Waals surface area contributed by atoms with E-state index in [9.17, 15) is 5.11 Å². The Kier molecular flexibility index (Phi) is 2.48. The van der Waals surface area contributed by atoms with Gasteiger partial charge in [0.05, 0.1) is 12.0 Å². The predicted molar refractivity (Wildman–Crippen MR) is 79.9 cm³/mol. The molecule has 2 aromatic heterocycles. The lowest BCUT2D eigenvalue weighted by atomic mass is 10.1. The van der Waals surface area contributed by atoms with Crippen LogP contribution in [0.1, 0.15) is 26.5 Å². The summed E-state index contributed by atoms with van der Waals surface area (Å²) in [4.78, 5) is 8.32. The second kappa shape index (κ2) is 4.04. The summed E-state index contributed by atoms with van der Waals surface area (Å²) < 4.78 is 20.3. The molecule has 0 aromatic carbocycles. The third-order valence-corrected chi connectivity index (χ3v) is 5.36. The van der Waals surface area contributed by atoms with Gasteiger partial charge >= 0.3 is 0 Å². The van der Waals surface area contributed by atoms with E-state index >= 15 is 0 Å². The van der Waals surface area contributed by atoms with Gasteiger partial charge in [0.15, 0.2) is 17.6 Å². The van der Waals surface area contributed by atoms with Crippen LogP contribution in [0.15, 0.2) is 18.6 Å². The molecule has 4 atom stereocenters. The highest BCUT2D eigenvalue weighted by Gasteiger charge is 2.88. The van der Waals surface area contributed by atoms with Crippen molar-refractivity contribution >= 4 is 22.6 Å². The van der Waals surface area contributed by atoms with E-state index in [1.807, 2.05) is 30.7 Å². The fraction of sp³-hybridized carbons (Fsp3) is 0.600. The Morgan fingerprint density at radius 3 is 2.91 bits per heavy atom. The maximum Gasteiger partial charge on any atom is 0.168 e. The molecule has 1 N–H and O–H groups in total. The van der Waals surface area contributed by atoms with Gasteiger partial charge < -0.3 is 23.9 Å². The molecule has 3 fully saturated rings. The standard InChI is InChI=1S/C15H16ClN3O4/c1-13(2)22-14-6-15(14,23-13)12(21-9(14)5-20)19-4-3-8-10(16)17-7-18-11(8)19/h3-4,7,9,12,20H,5-6H2,1-2H3/t9-,12-,14-,15+/m1/s1. The first-order chi connectivity index (χ1) is 10.9. The lowest BCUT2D eigenvalue weighted by Gasteiger charge is -2.32. The predicted octanol–water partition coefficient (Wildman–Crippen LogP) is 1.64. The quantitative estimate of drug-likeness (QED) is 0.839. The molecule has 3 aliphatic rings. The number of nitrogens with zero attached hydrogens (tertiary/aromatic N) is 3. The Morgan fingerprint density at radius 2 is 2.13 bits per heavy atom. The molecule has 2 saturated heterocycles. The highest BCUT2D eigenvalue weighted by Crippen LogP contribution is 2.73. The third-order valence-electron chi connectivity index (χ3n) is 5.06. The lowest BCUT2D eigenvalue weighted by Crippen LogP contribution is -2.38. The van der Waals surface area contributed by atoms with Crippen molar-refractivity contribution in [2.75, 3.05) is 6.61 Å². The number of aliphatic hydroxyl groups excluding tert-OH is 1. The Morgan fingerprint density at radius 1 is 1.35 bits per heavy atom. The zero-order valence-electron chi connectivity index (χ0n) is 12.7. The average molecular weight is 338 g/mol. The molecule has 8 heteroatoms. The highest BCUT2D eigenvalue weighted by molar-refractivity contribution is 6.33. The van der Waals surface area contributed by atoms with Crippen LogP contribution in [0.3, 0.4) is 0 Å². The molecule has 1 saturated carbocycles. The van der Waals surface area contributed by atoms with Crippen LogP contribution in [0.5, 0.6) is 0 Å². The number of ether oxygens (including phenoxy) is 3. The van der Waals surface area contributed by atoms with Gasteiger partial charge in [-0.3, -0.25) is 0 Å². The fourth-order valence-electron chi connectivity index (χ4n) is 4.27. The first-order valence-electron chi connectivity index (χ1n) is 7.56. The monoisotopic (exact) mass is 337 g/mol. The minimum absolute atomic E-state index is 0.118. The Bertz CT molecular complexity index is 824. The molecule has 4 heterocycles. The summed E-state index contributed by atoms with van der Waals surface area (Å²) in [6, 6.07) is 1.86. The minimum Gasteiger partial charge on any atom is -0.394 e. The van der Waals surface area contributed by atoms with E-state index in [2.05, 4.69) is 9.97 Å². The van der Waals surface area contributed by atoms with Gasteiger partial charge in [-0.15, -0.1) is 0 Å². The summed E-state index contributed by atoms with van der Waals surface area (Å²) in [5, 5.41) is 10.9. The normalized spacial score (nSPS) is 40.3. The summed E-state index contributed by atoms with van der Waals surface area (Å²) in [6.07, 6.45) is 3.13. The zero-order valence-corrected chi connectivity index (χ0v) is 13.4. The fourth-order valence-corrected chi connectivity index (χ4v) is 4.46. The molecule has 0 radical (unpaired) electrons. The molecule has 7 nitrogen and oxygen atoms in total. The zero-order chi connectivity index (χ0) is 16.0. The molecule has 5 rings (SSSR count). The first kappa shape index (κ1) is 14.1. The van der Waals surface area contributed by atoms with Crippen LogP contribution in [-0.2, 0) is 14.2 Å². The van der Waals surface area contributed by atoms with Crippen LogP contribution in [0, 0.1) is 0 Å². The van der Waals surface area contributed by atoms with Crippen LogP contribution in [0.25, 0.3) is 11.0 Å². The Balaban J connectivity index is 1.65. The van der Waals surface area contributed by atoms with Gasteiger partial charge in [0.1, 0.15) is 28.8 Å². The van der Waals surface area contributed by atoms with Gasteiger partial charge in [0, 0.05) is 12.6 Å². The molecule has 1 aliphatic carbocycles. The second-order valence-electron chi connectivity index (χ2n) is 6.84. The van der Waals surface area contributed by atoms with E-state index in [1.54, 1.807) is 0 Å². The third kappa shape index (κ3) is 1.54. The van der Waals surface area contributed by atoms with Gasteiger partial charge in [-0.1, -0.05) is 11.6 Å². The number of hydrogen-bond donors (Lipinski definition) is 1. The largest absolute Gasteiger partial charge is 0.394 e. The van der Waals surface area contributed by atoms with E-state index in [4.69, 9.17) is 25.8 Å². The van der Waals surface area contributed by atoms with Crippen LogP contribution in [-0.4, -0.2) is 49.3 Å². The maximum absolute atomic E-state index is 9.73. The van der Waals surface area contributed by atoms with Crippen LogP contribution >= 0.6 is 11.6 Å². The number of fused-ring (bicyclic) bond motifs is 1. The molecular weight excluding hydrogens is 322 g/mol. The minimum atomic E-state index is -0.705. The lowest BCUT2D eigenvalue weighted by molar-refractivity contribution is -0.254. The van der Waals surface area contributed by atoms with Crippen LogP contribution in [0.2, 0.25) is 5.15 Å². The molecule has 0 unspecified atom stereocenters. The number of hydrogen-bond acceptors (Lipinski definition) is 6. The van der Waals surface area contributed by atoms with Gasteiger partial charge in [-0.2, -0.15) is 0 Å². The Hall–Kier alpha value is -1.25. The van der Waals surface area contributed by atoms with E-state index in [1.165, 1.54) is 6.33 Å². The number of aliphatic hydroxyl groups is 1. The van der Waals surface area contributed by atoms with Crippen molar-refractivity contribution in [3.05, 3.63) is 23.7 Å². The number of rotatable bonds is 2. The van der Waals surface area contributed by atoms with Crippen molar-refractivity contribution in [3.63, 3.8) is 0 Å². The van der Waals surface area contributed by atoms with Crippen molar-refractivity contribution in [1.29, 1.82) is 0 Å². The summed E-state index contributed by atoms with van der Waals surface area (Å²) in [5.74, 6) is -0.705. The first-order valence-corrected chi connectivity index (χ1v) is 7.94. The summed E-state index contributed by atoms with van der Waals surface area (Å²) in [7, 11) is 0. The van der Waals surface area contributed by atoms with Crippen molar-refractivity contribution in [2.24, 2.45) is 0 Å². The molecule has 0 bridgehead atoms. The molecule has 23 heavy (non-hydrogen) atoms. The van der Waals surface area contributed by atoms with Crippen molar-refractivity contribution < 1.29 is 19.3 Å². The van der Waals surface area contributed by atoms with E-state index in [0.29, 0.717) is 17.2 Å². The Labute approximate surface area is 137 Å². The number of aromatic nitrogens is 3. The van der Waals surface area contributed by atoms with Crippen molar-refractivity contribution in [2.45, 2.75) is 49.6 Å².